The summed E-state index contributed by atoms with van der Waals surface area (Å²) in [5.74, 6) is -1.82. The van der Waals surface area contributed by atoms with Crippen LogP contribution in [0.2, 0.25) is 0 Å². The van der Waals surface area contributed by atoms with Crippen molar-refractivity contribution in [2.45, 2.75) is 105 Å². The minimum Gasteiger partial charge on any atom is -0.354 e. The molecule has 0 bridgehead atoms. The summed E-state index contributed by atoms with van der Waals surface area (Å²) in [6, 6.07) is 3.66. The van der Waals surface area contributed by atoms with Gasteiger partial charge in [0, 0.05) is 32.1 Å². The zero-order valence-electron chi connectivity index (χ0n) is 28.8. The van der Waals surface area contributed by atoms with Gasteiger partial charge in [0.1, 0.15) is 18.1 Å². The maximum Gasteiger partial charge on any atom is 0.315 e. The first-order valence-corrected chi connectivity index (χ1v) is 17.1. The summed E-state index contributed by atoms with van der Waals surface area (Å²) < 4.78 is 29.0. The van der Waals surface area contributed by atoms with E-state index in [1.807, 2.05) is 90.3 Å². The van der Waals surface area contributed by atoms with Gasteiger partial charge in [-0.1, -0.05) is 83.3 Å². The molecule has 1 aliphatic rings. The number of hydrogen-bond donors (Lipinski definition) is 4. The number of benzene rings is 1. The van der Waals surface area contributed by atoms with Gasteiger partial charge in [0.25, 0.3) is 0 Å². The Morgan fingerprint density at radius 3 is 2.17 bits per heavy atom. The highest BCUT2D eigenvalue weighted by Gasteiger charge is 2.43. The predicted molar refractivity (Wildman–Crippen MR) is 179 cm³/mol. The van der Waals surface area contributed by atoms with E-state index in [9.17, 15) is 28.0 Å². The van der Waals surface area contributed by atoms with Gasteiger partial charge in [-0.05, 0) is 55.9 Å². The minimum atomic E-state index is -2.82. The van der Waals surface area contributed by atoms with Crippen LogP contribution in [-0.4, -0.2) is 96.5 Å². The first kappa shape index (κ1) is 39.2. The molecular weight excluding hydrogens is 614 g/mol. The second-order valence-corrected chi connectivity index (χ2v) is 15.2. The van der Waals surface area contributed by atoms with Gasteiger partial charge in [0.2, 0.25) is 24.1 Å². The fourth-order valence-electron chi connectivity index (χ4n) is 5.20. The van der Waals surface area contributed by atoms with Crippen molar-refractivity contribution in [3.8, 4) is 0 Å². The second kappa shape index (κ2) is 17.3. The van der Waals surface area contributed by atoms with E-state index in [1.54, 1.807) is 11.9 Å². The van der Waals surface area contributed by atoms with Crippen LogP contribution in [0.15, 0.2) is 24.3 Å². The summed E-state index contributed by atoms with van der Waals surface area (Å²) in [5.41, 5.74) is 1.12. The van der Waals surface area contributed by atoms with Crippen molar-refractivity contribution in [2.75, 3.05) is 32.9 Å². The number of likely N-dealkylation sites (N-methyl/N-ethyl adjacent to an activating group) is 1. The van der Waals surface area contributed by atoms with Crippen molar-refractivity contribution in [2.24, 2.45) is 10.8 Å². The predicted octanol–water partition coefficient (Wildman–Crippen LogP) is 4.12. The third kappa shape index (κ3) is 12.4. The lowest BCUT2D eigenvalue weighted by molar-refractivity contribution is -0.142. The quantitative estimate of drug-likeness (QED) is 0.221. The first-order chi connectivity index (χ1) is 21.3. The van der Waals surface area contributed by atoms with E-state index >= 15 is 0 Å². The molecule has 1 aromatic carbocycles. The van der Waals surface area contributed by atoms with Gasteiger partial charge in [0.05, 0.1) is 0 Å². The number of carbonyl (C=O) groups excluding carboxylic acids is 4. The average Bonchev–Trinajstić information content (AvgIpc) is 3.45. The van der Waals surface area contributed by atoms with Crippen LogP contribution in [-0.2, 0) is 20.8 Å². The van der Waals surface area contributed by atoms with Crippen LogP contribution in [0.5, 0.6) is 0 Å². The van der Waals surface area contributed by atoms with E-state index in [0.717, 1.165) is 11.1 Å². The number of nitrogens with zero attached hydrogens (tertiary/aromatic N) is 2. The summed E-state index contributed by atoms with van der Waals surface area (Å²) >= 11 is 1.55. The van der Waals surface area contributed by atoms with Gasteiger partial charge in [-0.3, -0.25) is 18.7 Å². The number of urea groups is 1. The molecule has 0 saturated carbocycles. The van der Waals surface area contributed by atoms with Crippen LogP contribution in [0.4, 0.5) is 13.6 Å². The lowest BCUT2D eigenvalue weighted by atomic mass is 9.85. The van der Waals surface area contributed by atoms with Crippen LogP contribution in [0.3, 0.4) is 0 Å². The van der Waals surface area contributed by atoms with E-state index < -0.39 is 60.1 Å². The van der Waals surface area contributed by atoms with Gasteiger partial charge in [-0.25, -0.2) is 13.6 Å². The molecule has 1 saturated heterocycles. The van der Waals surface area contributed by atoms with Crippen LogP contribution >= 0.6 is 11.9 Å². The number of halogens is 2. The van der Waals surface area contributed by atoms with E-state index in [2.05, 4.69) is 21.3 Å². The zero-order chi connectivity index (χ0) is 34.8. The number of alkyl halides is 2. The third-order valence-electron chi connectivity index (χ3n) is 8.21. The molecule has 5 amide bonds. The van der Waals surface area contributed by atoms with Gasteiger partial charge >= 0.3 is 6.03 Å². The minimum absolute atomic E-state index is 0.218. The monoisotopic (exact) mass is 668 g/mol. The van der Waals surface area contributed by atoms with Crippen molar-refractivity contribution in [1.82, 2.24) is 30.5 Å². The molecule has 1 heterocycles. The maximum absolute atomic E-state index is 13.9. The highest BCUT2D eigenvalue weighted by atomic mass is 32.2. The zero-order valence-corrected chi connectivity index (χ0v) is 29.7. The van der Waals surface area contributed by atoms with Gasteiger partial charge < -0.3 is 26.2 Å². The number of likely N-dealkylation sites (tertiary alicyclic amines) is 1. The molecule has 0 radical (unpaired) electrons. The molecular formula is C33H54F2N6O4S. The number of carbonyl (C=O) groups is 4. The summed E-state index contributed by atoms with van der Waals surface area (Å²) in [6.45, 7) is 14.6. The number of rotatable bonds is 14. The molecule has 13 heteroatoms. The molecule has 260 valence electrons. The SMILES string of the molecule is CSN(C)C[C@@H](NC(=O)N[C@H](C(=O)N1CCC[C@H]1C(=O)N[C@@H](CC(F)F)C(=O)NCCc1ccc(C)cc1)C(C)(C)C)C(C)(C)C. The summed E-state index contributed by atoms with van der Waals surface area (Å²) in [7, 11) is 1.93. The lowest BCUT2D eigenvalue weighted by Crippen LogP contribution is -2.61. The van der Waals surface area contributed by atoms with Crippen molar-refractivity contribution < 1.29 is 28.0 Å². The topological polar surface area (TPSA) is 123 Å². The third-order valence-corrected chi connectivity index (χ3v) is 8.98. The molecule has 1 fully saturated rings. The van der Waals surface area contributed by atoms with Crippen LogP contribution in [0, 0.1) is 17.8 Å². The Bertz CT molecular complexity index is 1170. The Morgan fingerprint density at radius 2 is 1.63 bits per heavy atom. The Labute approximate surface area is 277 Å². The van der Waals surface area contributed by atoms with E-state index in [-0.39, 0.29) is 24.5 Å². The number of hydrogen-bond acceptors (Lipinski definition) is 6. The molecule has 4 N–H and O–H groups in total. The smallest absolute Gasteiger partial charge is 0.315 e. The Morgan fingerprint density at radius 1 is 1.00 bits per heavy atom. The average molecular weight is 669 g/mol. The molecule has 10 nitrogen and oxygen atoms in total. The fraction of sp³-hybridized carbons (Fsp3) is 0.697. The number of amides is 5. The van der Waals surface area contributed by atoms with Crippen molar-refractivity contribution in [3.63, 3.8) is 0 Å². The highest BCUT2D eigenvalue weighted by molar-refractivity contribution is 7.96. The first-order valence-electron chi connectivity index (χ1n) is 15.9. The molecule has 46 heavy (non-hydrogen) atoms. The normalized spacial score (nSPS) is 17.4. The van der Waals surface area contributed by atoms with Crippen LogP contribution < -0.4 is 21.3 Å². The number of nitrogens with one attached hydrogen (secondary N) is 4. The Balaban J connectivity index is 2.13. The molecule has 0 aromatic heterocycles. The van der Waals surface area contributed by atoms with E-state index in [4.69, 9.17) is 0 Å². The van der Waals surface area contributed by atoms with Crippen LogP contribution in [0.1, 0.15) is 71.9 Å². The molecule has 1 aliphatic heterocycles. The lowest BCUT2D eigenvalue weighted by Gasteiger charge is -2.37. The summed E-state index contributed by atoms with van der Waals surface area (Å²) in [5, 5.41) is 11.0. The molecule has 2 rings (SSSR count). The van der Waals surface area contributed by atoms with Gasteiger partial charge in [0.15, 0.2) is 0 Å². The van der Waals surface area contributed by atoms with Crippen molar-refractivity contribution >= 4 is 35.7 Å². The molecule has 0 unspecified atom stereocenters. The van der Waals surface area contributed by atoms with E-state index in [0.29, 0.717) is 25.8 Å². The highest BCUT2D eigenvalue weighted by Crippen LogP contribution is 2.27. The fourth-order valence-corrected chi connectivity index (χ4v) is 5.50. The van der Waals surface area contributed by atoms with Crippen LogP contribution in [0.25, 0.3) is 0 Å². The molecule has 4 atom stereocenters. The van der Waals surface area contributed by atoms with Crippen molar-refractivity contribution in [3.05, 3.63) is 35.4 Å². The molecule has 0 spiro atoms. The number of aryl methyl sites for hydroxylation is 1. The Hall–Kier alpha value is -2.93. The largest absolute Gasteiger partial charge is 0.354 e. The van der Waals surface area contributed by atoms with Crippen molar-refractivity contribution in [1.29, 1.82) is 0 Å². The molecule has 0 aliphatic carbocycles. The molecule has 1 aromatic rings. The maximum atomic E-state index is 13.9. The van der Waals surface area contributed by atoms with Gasteiger partial charge in [-0.15, -0.1) is 0 Å². The van der Waals surface area contributed by atoms with E-state index in [1.165, 1.54) is 4.90 Å². The Kier molecular flexibility index (Phi) is 14.7. The standard InChI is InChI=1S/C33H54F2N6O4S/c1-21-12-14-22(15-13-21)16-17-36-28(42)23(19-26(34)35)37-29(43)24-11-10-18-41(24)30(44)27(33(5,6)7)39-31(45)38-25(32(2,3)4)20-40(8)46-9/h12-15,23-27H,10-11,16-20H2,1-9H3,(H,36,42)(H,37,43)(H2,38,39,45)/t23-,24-,25+,27+/m0/s1. The summed E-state index contributed by atoms with van der Waals surface area (Å²) in [6.07, 6.45) is -0.394. The van der Waals surface area contributed by atoms with Gasteiger partial charge in [-0.2, -0.15) is 0 Å². The second-order valence-electron chi connectivity index (χ2n) is 14.2. The summed E-state index contributed by atoms with van der Waals surface area (Å²) in [4.78, 5) is 54.9.